The van der Waals surface area contributed by atoms with Crippen LogP contribution < -0.4 is 4.74 Å². The summed E-state index contributed by atoms with van der Waals surface area (Å²) in [4.78, 5) is 9.85. The zero-order chi connectivity index (χ0) is 18.2. The lowest BCUT2D eigenvalue weighted by Crippen LogP contribution is -1.87. The summed E-state index contributed by atoms with van der Waals surface area (Å²) in [5.41, 5.74) is 1.49. The van der Waals surface area contributed by atoms with Crippen molar-refractivity contribution < 1.29 is 9.53 Å². The van der Waals surface area contributed by atoms with Crippen molar-refractivity contribution in [3.8, 4) is 5.75 Å². The fourth-order valence-electron chi connectivity index (χ4n) is 2.52. The summed E-state index contributed by atoms with van der Waals surface area (Å²) >= 11 is 5.62. The zero-order valence-corrected chi connectivity index (χ0v) is 15.9. The molecule has 0 radical (unpaired) electrons. The van der Waals surface area contributed by atoms with Gasteiger partial charge in [-0.2, -0.15) is 0 Å². The number of hydrogen-bond donors (Lipinski definition) is 0. The zero-order valence-electron chi connectivity index (χ0n) is 15.1. The molecule has 3 heteroatoms. The quantitative estimate of drug-likeness (QED) is 0.342. The van der Waals surface area contributed by atoms with E-state index in [0.29, 0.717) is 17.2 Å². The largest absolute Gasteiger partial charge is 0.427 e. The minimum absolute atomic E-state index is 0.348. The molecule has 0 N–H and O–H groups in total. The second-order valence-corrected chi connectivity index (χ2v) is 6.41. The van der Waals surface area contributed by atoms with E-state index >= 15 is 0 Å². The van der Waals surface area contributed by atoms with E-state index in [1.54, 1.807) is 24.3 Å². The van der Waals surface area contributed by atoms with Gasteiger partial charge in [0.25, 0.3) is 6.47 Å². The van der Waals surface area contributed by atoms with Crippen molar-refractivity contribution in [1.29, 1.82) is 0 Å². The number of carbonyl (C=O) groups is 1. The molecule has 0 unspecified atom stereocenters. The number of hydrogen-bond acceptors (Lipinski definition) is 2. The first kappa shape index (κ1) is 21.2. The summed E-state index contributed by atoms with van der Waals surface area (Å²) in [5.74, 6) is 0.388. The maximum absolute atomic E-state index is 9.85. The predicted octanol–water partition coefficient (Wildman–Crippen LogP) is 6.85. The average molecular weight is 361 g/mol. The van der Waals surface area contributed by atoms with Gasteiger partial charge in [-0.15, -0.1) is 0 Å². The first-order valence-electron chi connectivity index (χ1n) is 9.16. The monoisotopic (exact) mass is 360 g/mol. The fourth-order valence-corrected chi connectivity index (χ4v) is 2.70. The van der Waals surface area contributed by atoms with Crippen LogP contribution in [0, 0.1) is 0 Å². The van der Waals surface area contributed by atoms with Crippen LogP contribution in [0.15, 0.2) is 54.6 Å². The molecule has 25 heavy (non-hydrogen) atoms. The topological polar surface area (TPSA) is 26.3 Å². The Morgan fingerprint density at radius 3 is 2.08 bits per heavy atom. The Hall–Kier alpha value is -1.80. The molecule has 0 saturated carbocycles. The molecule has 0 aliphatic rings. The van der Waals surface area contributed by atoms with Gasteiger partial charge in [0.05, 0.1) is 5.02 Å². The summed E-state index contributed by atoms with van der Waals surface area (Å²) in [6.45, 7) is 2.62. The fraction of sp³-hybridized carbons (Fsp3) is 0.409. The smallest absolute Gasteiger partial charge is 0.298 e. The molecule has 2 aromatic rings. The molecule has 0 saturated heterocycles. The molecular weight excluding hydrogens is 332 g/mol. The molecule has 0 fully saturated rings. The highest BCUT2D eigenvalue weighted by atomic mass is 35.5. The second-order valence-electron chi connectivity index (χ2n) is 6.00. The van der Waals surface area contributed by atoms with Crippen LogP contribution >= 0.6 is 11.6 Å². The standard InChI is InChI=1S/C15H24.C7H5ClO2/c1-2-3-4-5-6-7-9-12-15-13-10-8-11-14-15;8-6-3-1-2-4-7(6)10-5-9/h8,10-11,13-14H,2-7,9,12H2,1H3;1-5H. The van der Waals surface area contributed by atoms with Gasteiger partial charge in [0.2, 0.25) is 0 Å². The van der Waals surface area contributed by atoms with E-state index < -0.39 is 0 Å². The van der Waals surface area contributed by atoms with Gasteiger partial charge in [-0.1, -0.05) is 99.5 Å². The molecule has 2 nitrogen and oxygen atoms in total. The van der Waals surface area contributed by atoms with E-state index in [4.69, 9.17) is 11.6 Å². The van der Waals surface area contributed by atoms with Crippen LogP contribution in [0.3, 0.4) is 0 Å². The van der Waals surface area contributed by atoms with Gasteiger partial charge in [0, 0.05) is 0 Å². The molecule has 0 heterocycles. The Balaban J connectivity index is 0.000000271. The Morgan fingerprint density at radius 2 is 1.44 bits per heavy atom. The molecule has 136 valence electrons. The number of unbranched alkanes of at least 4 members (excludes halogenated alkanes) is 6. The minimum Gasteiger partial charge on any atom is -0.427 e. The van der Waals surface area contributed by atoms with Gasteiger partial charge in [-0.05, 0) is 30.5 Å². The van der Waals surface area contributed by atoms with Crippen molar-refractivity contribution in [3.63, 3.8) is 0 Å². The number of para-hydroxylation sites is 1. The van der Waals surface area contributed by atoms with Crippen LogP contribution in [0.1, 0.15) is 57.4 Å². The van der Waals surface area contributed by atoms with Crippen molar-refractivity contribution in [3.05, 3.63) is 65.2 Å². The molecule has 0 atom stereocenters. The number of rotatable bonds is 10. The van der Waals surface area contributed by atoms with Crippen molar-refractivity contribution in [2.75, 3.05) is 0 Å². The summed E-state index contributed by atoms with van der Waals surface area (Å²) in [7, 11) is 0. The highest BCUT2D eigenvalue weighted by Crippen LogP contribution is 2.22. The van der Waals surface area contributed by atoms with Gasteiger partial charge in [-0.3, -0.25) is 4.79 Å². The first-order valence-corrected chi connectivity index (χ1v) is 9.54. The van der Waals surface area contributed by atoms with E-state index in [-0.39, 0.29) is 0 Å². The van der Waals surface area contributed by atoms with E-state index in [1.165, 1.54) is 56.9 Å². The maximum atomic E-state index is 9.85. The van der Waals surface area contributed by atoms with Gasteiger partial charge >= 0.3 is 0 Å². The molecule has 0 amide bonds. The molecule has 0 bridgehead atoms. The summed E-state index contributed by atoms with van der Waals surface area (Å²) in [5, 5.41) is 0.439. The van der Waals surface area contributed by atoms with Crippen LogP contribution in [-0.4, -0.2) is 6.47 Å². The lowest BCUT2D eigenvalue weighted by atomic mass is 10.0. The van der Waals surface area contributed by atoms with Crippen LogP contribution in [0.5, 0.6) is 5.75 Å². The third kappa shape index (κ3) is 10.6. The first-order chi connectivity index (χ1) is 12.3. The van der Waals surface area contributed by atoms with Gasteiger partial charge in [0.1, 0.15) is 5.75 Å². The van der Waals surface area contributed by atoms with Crippen LogP contribution in [0.4, 0.5) is 0 Å². The van der Waals surface area contributed by atoms with E-state index in [9.17, 15) is 4.79 Å². The maximum Gasteiger partial charge on any atom is 0.298 e. The molecule has 0 aliphatic heterocycles. The lowest BCUT2D eigenvalue weighted by molar-refractivity contribution is -0.120. The summed E-state index contributed by atoms with van der Waals surface area (Å²) in [6, 6.07) is 17.6. The molecule has 2 aromatic carbocycles. The van der Waals surface area contributed by atoms with Crippen LogP contribution in [-0.2, 0) is 11.2 Å². The number of ether oxygens (including phenoxy) is 1. The molecule has 0 aliphatic carbocycles. The SMILES string of the molecule is CCCCCCCCCc1ccccc1.O=COc1ccccc1Cl. The number of halogens is 1. The number of carbonyl (C=O) groups excluding carboxylic acids is 1. The Bertz CT molecular complexity index is 569. The highest BCUT2D eigenvalue weighted by molar-refractivity contribution is 6.32. The molecular formula is C22H29ClO2. The highest BCUT2D eigenvalue weighted by Gasteiger charge is 1.96. The predicted molar refractivity (Wildman–Crippen MR) is 106 cm³/mol. The molecule has 2 rings (SSSR count). The normalized spacial score (nSPS) is 9.84. The molecule has 0 aromatic heterocycles. The van der Waals surface area contributed by atoms with Crippen molar-refractivity contribution in [2.24, 2.45) is 0 Å². The summed E-state index contributed by atoms with van der Waals surface area (Å²) < 4.78 is 4.52. The van der Waals surface area contributed by atoms with Gasteiger partial charge in [0.15, 0.2) is 0 Å². The minimum atomic E-state index is 0.348. The van der Waals surface area contributed by atoms with E-state index in [2.05, 4.69) is 42.0 Å². The van der Waals surface area contributed by atoms with Gasteiger partial charge < -0.3 is 4.74 Å². The lowest BCUT2D eigenvalue weighted by Gasteiger charge is -2.01. The summed E-state index contributed by atoms with van der Waals surface area (Å²) in [6.07, 6.45) is 11.1. The van der Waals surface area contributed by atoms with Crippen LogP contribution in [0.2, 0.25) is 5.02 Å². The average Bonchev–Trinajstić information content (AvgIpc) is 2.65. The van der Waals surface area contributed by atoms with E-state index in [0.717, 1.165) is 0 Å². The Kier molecular flexibility index (Phi) is 12.4. The number of benzene rings is 2. The van der Waals surface area contributed by atoms with Crippen LogP contribution in [0.25, 0.3) is 0 Å². The second kappa shape index (κ2) is 14.5. The van der Waals surface area contributed by atoms with E-state index in [1.807, 2.05) is 0 Å². The van der Waals surface area contributed by atoms with Crippen molar-refractivity contribution >= 4 is 18.1 Å². The Morgan fingerprint density at radius 1 is 0.840 bits per heavy atom. The van der Waals surface area contributed by atoms with Gasteiger partial charge in [-0.25, -0.2) is 0 Å². The third-order valence-electron chi connectivity index (χ3n) is 3.92. The number of aryl methyl sites for hydroxylation is 1. The Labute approximate surface area is 157 Å². The molecule has 0 spiro atoms. The van der Waals surface area contributed by atoms with Crippen molar-refractivity contribution in [1.82, 2.24) is 0 Å². The third-order valence-corrected chi connectivity index (χ3v) is 4.24. The van der Waals surface area contributed by atoms with Crippen molar-refractivity contribution in [2.45, 2.75) is 58.3 Å².